The second-order valence-electron chi connectivity index (χ2n) is 4.15. The Morgan fingerprint density at radius 3 is 2.61 bits per heavy atom. The van der Waals surface area contributed by atoms with E-state index in [9.17, 15) is 9.59 Å². The van der Waals surface area contributed by atoms with Gasteiger partial charge in [0.25, 0.3) is 0 Å². The van der Waals surface area contributed by atoms with E-state index >= 15 is 0 Å². The number of primary amides is 2. The molecule has 98 valence electrons. The van der Waals surface area contributed by atoms with Crippen LogP contribution in [0.3, 0.4) is 0 Å². The molecule has 0 aliphatic heterocycles. The van der Waals surface area contributed by atoms with Crippen LogP contribution in [0.25, 0.3) is 0 Å². The number of nitrogens with two attached hydrogens (primary N) is 2. The molecule has 0 saturated heterocycles. The minimum Gasteiger partial charge on any atom is -0.399 e. The normalized spacial score (nSPS) is 28.2. The van der Waals surface area contributed by atoms with E-state index in [0.29, 0.717) is 0 Å². The van der Waals surface area contributed by atoms with E-state index in [1.165, 1.54) is 13.3 Å². The molecule has 6 heteroatoms. The Labute approximate surface area is 105 Å². The van der Waals surface area contributed by atoms with Gasteiger partial charge in [-0.25, -0.2) is 0 Å². The average molecular weight is 251 g/mol. The molecule has 0 spiro atoms. The molecule has 0 heterocycles. The van der Waals surface area contributed by atoms with Crippen LogP contribution in [0.2, 0.25) is 0 Å². The number of oxime groups is 1. The van der Waals surface area contributed by atoms with Crippen molar-refractivity contribution in [2.24, 2.45) is 33.9 Å². The van der Waals surface area contributed by atoms with Crippen molar-refractivity contribution < 1.29 is 14.4 Å². The molecule has 0 radical (unpaired) electrons. The first-order chi connectivity index (χ1) is 8.46. The highest BCUT2D eigenvalue weighted by molar-refractivity contribution is 5.95. The van der Waals surface area contributed by atoms with Crippen LogP contribution in [0.1, 0.15) is 6.92 Å². The summed E-state index contributed by atoms with van der Waals surface area (Å²) in [5.41, 5.74) is 9.60. The van der Waals surface area contributed by atoms with E-state index in [0.717, 1.165) is 0 Å². The predicted octanol–water partition coefficient (Wildman–Crippen LogP) is -0.0461. The highest BCUT2D eigenvalue weighted by Crippen LogP contribution is 2.39. The zero-order chi connectivity index (χ0) is 13.8. The van der Waals surface area contributed by atoms with E-state index in [1.54, 1.807) is 31.2 Å². The second-order valence-corrected chi connectivity index (χ2v) is 4.15. The minimum atomic E-state index is -1.21. The molecule has 3 atom stereocenters. The summed E-state index contributed by atoms with van der Waals surface area (Å²) in [7, 11) is 1.39. The summed E-state index contributed by atoms with van der Waals surface area (Å²) in [5.74, 6) is -2.44. The summed E-state index contributed by atoms with van der Waals surface area (Å²) >= 11 is 0. The lowest BCUT2D eigenvalue weighted by molar-refractivity contribution is -0.135. The zero-order valence-corrected chi connectivity index (χ0v) is 10.4. The summed E-state index contributed by atoms with van der Waals surface area (Å²) in [5, 5.41) is 3.63. The maximum atomic E-state index is 11.8. The molecule has 0 saturated carbocycles. The number of rotatable bonds is 5. The summed E-state index contributed by atoms with van der Waals surface area (Å²) in [6, 6.07) is 0. The van der Waals surface area contributed by atoms with Crippen molar-refractivity contribution in [1.82, 2.24) is 0 Å². The molecule has 4 N–H and O–H groups in total. The van der Waals surface area contributed by atoms with Crippen LogP contribution in [0.5, 0.6) is 0 Å². The zero-order valence-electron chi connectivity index (χ0n) is 10.4. The van der Waals surface area contributed by atoms with Gasteiger partial charge in [0.2, 0.25) is 11.8 Å². The van der Waals surface area contributed by atoms with Gasteiger partial charge in [-0.1, -0.05) is 36.4 Å². The monoisotopic (exact) mass is 251 g/mol. The van der Waals surface area contributed by atoms with Crippen molar-refractivity contribution >= 4 is 18.0 Å². The number of carbonyl (C=O) groups excluding carboxylic acids is 2. The summed E-state index contributed by atoms with van der Waals surface area (Å²) in [6.45, 7) is 1.73. The largest absolute Gasteiger partial charge is 0.399 e. The molecule has 0 aromatic carbocycles. The Kier molecular flexibility index (Phi) is 4.25. The van der Waals surface area contributed by atoms with Gasteiger partial charge in [0.15, 0.2) is 0 Å². The molecule has 2 amide bonds. The van der Waals surface area contributed by atoms with Crippen LogP contribution in [0, 0.1) is 17.3 Å². The molecule has 1 aliphatic carbocycles. The van der Waals surface area contributed by atoms with Crippen molar-refractivity contribution in [2.75, 3.05) is 7.11 Å². The number of hydrogen-bond acceptors (Lipinski definition) is 4. The molecule has 0 aromatic rings. The molecule has 18 heavy (non-hydrogen) atoms. The molecule has 0 fully saturated rings. The summed E-state index contributed by atoms with van der Waals surface area (Å²) in [6.07, 6.45) is 7.93. The van der Waals surface area contributed by atoms with E-state index in [2.05, 4.69) is 9.99 Å². The lowest BCUT2D eigenvalue weighted by Gasteiger charge is -2.37. The van der Waals surface area contributed by atoms with Gasteiger partial charge < -0.3 is 16.3 Å². The maximum Gasteiger partial charge on any atom is 0.229 e. The lowest BCUT2D eigenvalue weighted by atomic mass is 9.64. The third-order valence-corrected chi connectivity index (χ3v) is 3.18. The second kappa shape index (κ2) is 5.48. The quantitative estimate of drug-likeness (QED) is 0.528. The Morgan fingerprint density at radius 1 is 1.44 bits per heavy atom. The predicted molar refractivity (Wildman–Crippen MR) is 67.3 cm³/mol. The van der Waals surface area contributed by atoms with E-state index < -0.39 is 29.1 Å². The van der Waals surface area contributed by atoms with Crippen LogP contribution in [-0.4, -0.2) is 25.1 Å². The van der Waals surface area contributed by atoms with E-state index in [4.69, 9.17) is 11.5 Å². The maximum absolute atomic E-state index is 11.8. The smallest absolute Gasteiger partial charge is 0.229 e. The fourth-order valence-electron chi connectivity index (χ4n) is 2.15. The SMILES string of the molecule is CON=CC(C)C1(C(N)=O)C=CC=CC1C(N)=O. The molecule has 1 aliphatic rings. The number of nitrogens with zero attached hydrogens (tertiary/aromatic N) is 1. The van der Waals surface area contributed by atoms with Gasteiger partial charge in [-0.15, -0.1) is 0 Å². The average Bonchev–Trinajstić information content (AvgIpc) is 2.35. The van der Waals surface area contributed by atoms with Gasteiger partial charge in [-0.3, -0.25) is 9.59 Å². The van der Waals surface area contributed by atoms with Crippen molar-refractivity contribution in [3.8, 4) is 0 Å². The number of allylic oxidation sites excluding steroid dienone is 2. The van der Waals surface area contributed by atoms with Crippen LogP contribution in [0.15, 0.2) is 29.5 Å². The topological polar surface area (TPSA) is 108 Å². The fraction of sp³-hybridized carbons (Fsp3) is 0.417. The molecular formula is C12H17N3O3. The molecule has 3 unspecified atom stereocenters. The highest BCUT2D eigenvalue weighted by Gasteiger charge is 2.48. The lowest BCUT2D eigenvalue weighted by Crippen LogP contribution is -2.51. The van der Waals surface area contributed by atoms with E-state index in [1.807, 2.05) is 0 Å². The minimum absolute atomic E-state index is 0.423. The molecule has 6 nitrogen and oxygen atoms in total. The van der Waals surface area contributed by atoms with Gasteiger partial charge in [0, 0.05) is 12.1 Å². The first kappa shape index (κ1) is 14.0. The summed E-state index contributed by atoms with van der Waals surface area (Å²) < 4.78 is 0. The Balaban J connectivity index is 3.24. The number of carbonyl (C=O) groups is 2. The first-order valence-electron chi connectivity index (χ1n) is 5.48. The van der Waals surface area contributed by atoms with Gasteiger partial charge in [-0.05, 0) is 0 Å². The van der Waals surface area contributed by atoms with Gasteiger partial charge in [0.05, 0.1) is 11.3 Å². The van der Waals surface area contributed by atoms with Crippen molar-refractivity contribution in [3.05, 3.63) is 24.3 Å². The molecule has 0 bridgehead atoms. The molecule has 1 rings (SSSR count). The van der Waals surface area contributed by atoms with Crippen LogP contribution >= 0.6 is 0 Å². The van der Waals surface area contributed by atoms with Crippen molar-refractivity contribution in [2.45, 2.75) is 6.92 Å². The highest BCUT2D eigenvalue weighted by atomic mass is 16.6. The fourth-order valence-corrected chi connectivity index (χ4v) is 2.15. The van der Waals surface area contributed by atoms with Crippen LogP contribution < -0.4 is 11.5 Å². The Bertz CT molecular complexity index is 428. The van der Waals surface area contributed by atoms with Crippen LogP contribution in [-0.2, 0) is 14.4 Å². The Morgan fingerprint density at radius 2 is 2.11 bits per heavy atom. The van der Waals surface area contributed by atoms with Gasteiger partial charge >= 0.3 is 0 Å². The number of hydrogen-bond donors (Lipinski definition) is 2. The Hall–Kier alpha value is -2.11. The number of amides is 2. The van der Waals surface area contributed by atoms with E-state index in [-0.39, 0.29) is 0 Å². The van der Waals surface area contributed by atoms with Crippen LogP contribution in [0.4, 0.5) is 0 Å². The van der Waals surface area contributed by atoms with Gasteiger partial charge in [0.1, 0.15) is 7.11 Å². The molecular weight excluding hydrogens is 234 g/mol. The third kappa shape index (κ3) is 2.27. The molecule has 0 aromatic heterocycles. The van der Waals surface area contributed by atoms with Crippen molar-refractivity contribution in [1.29, 1.82) is 0 Å². The third-order valence-electron chi connectivity index (χ3n) is 3.18. The van der Waals surface area contributed by atoms with Gasteiger partial charge in [-0.2, -0.15) is 0 Å². The standard InChI is InChI=1S/C12H17N3O3/c1-8(7-15-18-2)12(11(14)17)6-4-3-5-9(12)10(13)16/h3-9H,1-2H3,(H2,13,16)(H2,14,17). The first-order valence-corrected chi connectivity index (χ1v) is 5.48. The summed E-state index contributed by atoms with van der Waals surface area (Å²) in [4.78, 5) is 27.9. The van der Waals surface area contributed by atoms with Crippen molar-refractivity contribution in [3.63, 3.8) is 0 Å².